The van der Waals surface area contributed by atoms with Gasteiger partial charge in [-0.3, -0.25) is 4.98 Å². The van der Waals surface area contributed by atoms with Gasteiger partial charge in [0, 0.05) is 18.9 Å². The first-order valence-corrected chi connectivity index (χ1v) is 6.83. The van der Waals surface area contributed by atoms with Crippen molar-refractivity contribution >= 4 is 5.96 Å². The number of hydrogen-bond acceptors (Lipinski definition) is 3. The number of ether oxygens (including phenoxy) is 1. The quantitative estimate of drug-likeness (QED) is 0.626. The molecule has 1 aromatic heterocycles. The van der Waals surface area contributed by atoms with E-state index in [-0.39, 0.29) is 0 Å². The van der Waals surface area contributed by atoms with Crippen LogP contribution in [0.15, 0.2) is 53.8 Å². The number of aliphatic imine (C=N–C) groups is 1. The predicted molar refractivity (Wildman–Crippen MR) is 84.3 cm³/mol. The van der Waals surface area contributed by atoms with Gasteiger partial charge in [0.05, 0.1) is 13.7 Å². The highest BCUT2D eigenvalue weighted by Gasteiger charge is 1.96. The zero-order valence-electron chi connectivity index (χ0n) is 12.1. The molecule has 0 unspecified atom stereocenters. The van der Waals surface area contributed by atoms with Gasteiger partial charge in [-0.2, -0.15) is 0 Å². The molecular formula is C16H20N4O. The predicted octanol–water partition coefficient (Wildman–Crippen LogP) is 1.74. The number of pyridine rings is 1. The SMILES string of the molecule is COc1ccc(CCNC(N)=NCc2ccncc2)cc1. The summed E-state index contributed by atoms with van der Waals surface area (Å²) in [7, 11) is 1.66. The van der Waals surface area contributed by atoms with Crippen LogP contribution in [0.25, 0.3) is 0 Å². The van der Waals surface area contributed by atoms with Crippen molar-refractivity contribution in [1.82, 2.24) is 10.3 Å². The fourth-order valence-corrected chi connectivity index (χ4v) is 1.85. The first-order chi connectivity index (χ1) is 10.3. The number of nitrogens with zero attached hydrogens (tertiary/aromatic N) is 2. The minimum atomic E-state index is 0.459. The molecule has 3 N–H and O–H groups in total. The van der Waals surface area contributed by atoms with Gasteiger partial charge in [0.1, 0.15) is 5.75 Å². The van der Waals surface area contributed by atoms with Crippen molar-refractivity contribution in [3.63, 3.8) is 0 Å². The molecule has 0 aliphatic heterocycles. The van der Waals surface area contributed by atoms with Crippen molar-refractivity contribution in [1.29, 1.82) is 0 Å². The standard InChI is InChI=1S/C16H20N4O/c1-21-15-4-2-13(3-5-15)8-11-19-16(17)20-12-14-6-9-18-10-7-14/h2-7,9-10H,8,11-12H2,1H3,(H3,17,19,20). The molecule has 0 aliphatic carbocycles. The third-order valence-corrected chi connectivity index (χ3v) is 3.06. The third kappa shape index (κ3) is 5.14. The smallest absolute Gasteiger partial charge is 0.188 e. The second kappa shape index (κ2) is 7.89. The monoisotopic (exact) mass is 284 g/mol. The summed E-state index contributed by atoms with van der Waals surface area (Å²) in [6.07, 6.45) is 4.38. The van der Waals surface area contributed by atoms with Gasteiger partial charge in [0.25, 0.3) is 0 Å². The minimum absolute atomic E-state index is 0.459. The maximum Gasteiger partial charge on any atom is 0.188 e. The van der Waals surface area contributed by atoms with Crippen molar-refractivity contribution in [2.75, 3.05) is 13.7 Å². The first kappa shape index (κ1) is 14.8. The lowest BCUT2D eigenvalue weighted by Crippen LogP contribution is -2.33. The summed E-state index contributed by atoms with van der Waals surface area (Å²) in [5.41, 5.74) is 8.15. The van der Waals surface area contributed by atoms with E-state index in [0.717, 1.165) is 24.3 Å². The van der Waals surface area contributed by atoms with Gasteiger partial charge in [-0.05, 0) is 41.8 Å². The molecule has 5 nitrogen and oxygen atoms in total. The third-order valence-electron chi connectivity index (χ3n) is 3.06. The van der Waals surface area contributed by atoms with Crippen LogP contribution in [0, 0.1) is 0 Å². The summed E-state index contributed by atoms with van der Waals surface area (Å²) in [4.78, 5) is 8.25. The molecule has 0 bridgehead atoms. The Morgan fingerprint density at radius 3 is 2.52 bits per heavy atom. The lowest BCUT2D eigenvalue weighted by atomic mass is 10.1. The average molecular weight is 284 g/mol. The first-order valence-electron chi connectivity index (χ1n) is 6.83. The molecule has 0 saturated carbocycles. The van der Waals surface area contributed by atoms with Crippen LogP contribution < -0.4 is 15.8 Å². The van der Waals surface area contributed by atoms with Gasteiger partial charge in [-0.25, -0.2) is 4.99 Å². The maximum atomic E-state index is 5.83. The molecule has 0 saturated heterocycles. The molecule has 0 fully saturated rings. The highest BCUT2D eigenvalue weighted by Crippen LogP contribution is 2.11. The number of aromatic nitrogens is 1. The largest absolute Gasteiger partial charge is 0.497 e. The van der Waals surface area contributed by atoms with Crippen molar-refractivity contribution in [3.8, 4) is 5.75 Å². The molecule has 0 aliphatic rings. The highest BCUT2D eigenvalue weighted by molar-refractivity contribution is 5.77. The molecule has 0 radical (unpaired) electrons. The molecule has 2 rings (SSSR count). The molecule has 1 heterocycles. The summed E-state index contributed by atoms with van der Waals surface area (Å²) in [6, 6.07) is 11.9. The number of benzene rings is 1. The minimum Gasteiger partial charge on any atom is -0.497 e. The van der Waals surface area contributed by atoms with Crippen molar-refractivity contribution < 1.29 is 4.74 Å². The molecular weight excluding hydrogens is 264 g/mol. The van der Waals surface area contributed by atoms with Gasteiger partial charge >= 0.3 is 0 Å². The Hall–Kier alpha value is -2.56. The van der Waals surface area contributed by atoms with E-state index in [4.69, 9.17) is 10.5 Å². The van der Waals surface area contributed by atoms with E-state index in [1.54, 1.807) is 19.5 Å². The Labute approximate surface area is 124 Å². The summed E-state index contributed by atoms with van der Waals surface area (Å²) in [6.45, 7) is 1.31. The lowest BCUT2D eigenvalue weighted by molar-refractivity contribution is 0.414. The Morgan fingerprint density at radius 1 is 1.14 bits per heavy atom. The van der Waals surface area contributed by atoms with Crippen LogP contribution in [0.4, 0.5) is 0 Å². The van der Waals surface area contributed by atoms with E-state index in [2.05, 4.69) is 15.3 Å². The fourth-order valence-electron chi connectivity index (χ4n) is 1.85. The number of hydrogen-bond donors (Lipinski definition) is 2. The number of methoxy groups -OCH3 is 1. The van der Waals surface area contributed by atoms with E-state index in [9.17, 15) is 0 Å². The second-order valence-corrected chi connectivity index (χ2v) is 4.58. The van der Waals surface area contributed by atoms with E-state index < -0.39 is 0 Å². The molecule has 0 atom stereocenters. The molecule has 2 aromatic rings. The molecule has 0 spiro atoms. The summed E-state index contributed by atoms with van der Waals surface area (Å²) in [5.74, 6) is 1.32. The Morgan fingerprint density at radius 2 is 1.86 bits per heavy atom. The number of nitrogens with two attached hydrogens (primary N) is 1. The van der Waals surface area contributed by atoms with Crippen molar-refractivity contribution in [2.24, 2.45) is 10.7 Å². The summed E-state index contributed by atoms with van der Waals surface area (Å²) < 4.78 is 5.13. The van der Waals surface area contributed by atoms with Crippen molar-refractivity contribution in [2.45, 2.75) is 13.0 Å². The molecule has 21 heavy (non-hydrogen) atoms. The lowest BCUT2D eigenvalue weighted by Gasteiger charge is -2.06. The van der Waals surface area contributed by atoms with Crippen LogP contribution in [0.5, 0.6) is 5.75 Å². The summed E-state index contributed by atoms with van der Waals surface area (Å²) >= 11 is 0. The van der Waals surface area contributed by atoms with Crippen molar-refractivity contribution in [3.05, 3.63) is 59.9 Å². The summed E-state index contributed by atoms with van der Waals surface area (Å²) in [5, 5.41) is 3.11. The average Bonchev–Trinajstić information content (AvgIpc) is 2.54. The van der Waals surface area contributed by atoms with Crippen LogP contribution in [0.3, 0.4) is 0 Å². The Kier molecular flexibility index (Phi) is 5.58. The molecule has 5 heteroatoms. The van der Waals surface area contributed by atoms with Gasteiger partial charge in [-0.1, -0.05) is 12.1 Å². The van der Waals surface area contributed by atoms with Gasteiger partial charge in [-0.15, -0.1) is 0 Å². The van der Waals surface area contributed by atoms with Gasteiger partial charge < -0.3 is 15.8 Å². The van der Waals surface area contributed by atoms with E-state index in [0.29, 0.717) is 12.5 Å². The van der Waals surface area contributed by atoms with Crippen LogP contribution in [0.1, 0.15) is 11.1 Å². The van der Waals surface area contributed by atoms with E-state index >= 15 is 0 Å². The van der Waals surface area contributed by atoms with Crippen LogP contribution in [0.2, 0.25) is 0 Å². The van der Waals surface area contributed by atoms with E-state index in [1.165, 1.54) is 5.56 Å². The number of rotatable bonds is 6. The Balaban J connectivity index is 1.74. The molecule has 1 aromatic carbocycles. The maximum absolute atomic E-state index is 5.83. The zero-order chi connectivity index (χ0) is 14.9. The van der Waals surface area contributed by atoms with Crippen LogP contribution in [-0.4, -0.2) is 24.6 Å². The van der Waals surface area contributed by atoms with Gasteiger partial charge in [0.2, 0.25) is 0 Å². The molecule has 0 amide bonds. The Bertz CT molecular complexity index is 567. The topological polar surface area (TPSA) is 72.5 Å². The molecule has 110 valence electrons. The van der Waals surface area contributed by atoms with Crippen LogP contribution in [-0.2, 0) is 13.0 Å². The number of nitrogens with one attached hydrogen (secondary N) is 1. The fraction of sp³-hybridized carbons (Fsp3) is 0.250. The zero-order valence-corrected chi connectivity index (χ0v) is 12.1. The van der Waals surface area contributed by atoms with E-state index in [1.807, 2.05) is 36.4 Å². The second-order valence-electron chi connectivity index (χ2n) is 4.58. The number of guanidine groups is 1. The van der Waals surface area contributed by atoms with Gasteiger partial charge in [0.15, 0.2) is 5.96 Å². The normalized spacial score (nSPS) is 11.2. The highest BCUT2D eigenvalue weighted by atomic mass is 16.5. The van der Waals surface area contributed by atoms with Crippen LogP contribution >= 0.6 is 0 Å².